The van der Waals surface area contributed by atoms with Gasteiger partial charge in [0, 0.05) is 5.54 Å². The normalized spacial score (nSPS) is 22.1. The van der Waals surface area contributed by atoms with Gasteiger partial charge in [0.2, 0.25) is 0 Å². The minimum atomic E-state index is -1.72. The zero-order valence-electron chi connectivity index (χ0n) is 17.0. The van der Waals surface area contributed by atoms with Crippen molar-refractivity contribution in [2.24, 2.45) is 0 Å². The Morgan fingerprint density at radius 2 is 1.35 bits per heavy atom. The first kappa shape index (κ1) is 17.5. The molecule has 0 amide bonds. The minimum Gasteiger partial charge on any atom is -0.0694 e. The largest absolute Gasteiger partial charge is 0.0884 e. The molecule has 2 aliphatic rings. The lowest BCUT2D eigenvalue weighted by Crippen LogP contribution is -2.39. The van der Waals surface area contributed by atoms with Crippen LogP contribution in [-0.4, -0.2) is 8.07 Å². The maximum Gasteiger partial charge on any atom is 0.0884 e. The Hall–Kier alpha value is -1.86. The molecule has 26 heavy (non-hydrogen) atoms. The first-order chi connectivity index (χ1) is 12.4. The van der Waals surface area contributed by atoms with Crippen LogP contribution < -0.4 is 0 Å². The third kappa shape index (κ3) is 2.26. The summed E-state index contributed by atoms with van der Waals surface area (Å²) in [5.41, 5.74) is 11.5. The van der Waals surface area contributed by atoms with Gasteiger partial charge in [0.1, 0.15) is 0 Å². The highest BCUT2D eigenvalue weighted by Gasteiger charge is 2.46. The van der Waals surface area contributed by atoms with Gasteiger partial charge in [-0.3, -0.25) is 0 Å². The second-order valence-electron chi connectivity index (χ2n) is 8.59. The third-order valence-corrected chi connectivity index (χ3v) is 11.3. The van der Waals surface area contributed by atoms with Crippen molar-refractivity contribution in [3.8, 4) is 0 Å². The van der Waals surface area contributed by atoms with Crippen molar-refractivity contribution in [1.82, 2.24) is 0 Å². The van der Waals surface area contributed by atoms with E-state index in [2.05, 4.69) is 89.3 Å². The SMILES string of the molecule is CCC1=C(C)c2ccccc2C1[Si](C)(C)C1=C(C)c2ccccc2C1C. The Morgan fingerprint density at radius 1 is 0.808 bits per heavy atom. The highest BCUT2D eigenvalue weighted by atomic mass is 28.3. The lowest BCUT2D eigenvalue weighted by Gasteiger charge is -2.37. The summed E-state index contributed by atoms with van der Waals surface area (Å²) in [6.45, 7) is 14.7. The average Bonchev–Trinajstić information content (AvgIpc) is 3.08. The first-order valence-electron chi connectivity index (χ1n) is 9.99. The third-order valence-electron chi connectivity index (χ3n) is 6.97. The van der Waals surface area contributed by atoms with E-state index in [4.69, 9.17) is 0 Å². The summed E-state index contributed by atoms with van der Waals surface area (Å²) >= 11 is 0. The lowest BCUT2D eigenvalue weighted by molar-refractivity contribution is 0.920. The molecule has 0 aromatic heterocycles. The highest BCUT2D eigenvalue weighted by molar-refractivity contribution is 6.87. The summed E-state index contributed by atoms with van der Waals surface area (Å²) < 4.78 is 0. The second kappa shape index (κ2) is 6.09. The van der Waals surface area contributed by atoms with Crippen molar-refractivity contribution < 1.29 is 0 Å². The molecule has 0 saturated carbocycles. The number of allylic oxidation sites excluding steroid dienone is 4. The Kier molecular flexibility index (Phi) is 4.11. The predicted octanol–water partition coefficient (Wildman–Crippen LogP) is 7.34. The van der Waals surface area contributed by atoms with Gasteiger partial charge in [0.05, 0.1) is 8.07 Å². The van der Waals surface area contributed by atoms with Crippen LogP contribution in [0.4, 0.5) is 0 Å². The molecule has 0 aliphatic heterocycles. The number of hydrogen-bond donors (Lipinski definition) is 0. The Labute approximate surface area is 159 Å². The maximum atomic E-state index is 2.62. The van der Waals surface area contributed by atoms with E-state index in [1.54, 1.807) is 21.9 Å². The molecule has 1 heteroatoms. The molecule has 2 aromatic carbocycles. The summed E-state index contributed by atoms with van der Waals surface area (Å²) in [6, 6.07) is 18.2. The van der Waals surface area contributed by atoms with Crippen LogP contribution in [0.1, 0.15) is 67.8 Å². The topological polar surface area (TPSA) is 0 Å². The molecular formula is C25H30Si. The quantitative estimate of drug-likeness (QED) is 0.503. The fourth-order valence-corrected chi connectivity index (χ4v) is 11.0. The van der Waals surface area contributed by atoms with Crippen LogP contribution in [0.25, 0.3) is 11.1 Å². The predicted molar refractivity (Wildman–Crippen MR) is 117 cm³/mol. The van der Waals surface area contributed by atoms with Crippen LogP contribution in [0.15, 0.2) is 59.3 Å². The smallest absolute Gasteiger partial charge is 0.0694 e. The number of benzene rings is 2. The Balaban J connectivity index is 1.90. The molecule has 134 valence electrons. The van der Waals surface area contributed by atoms with Gasteiger partial charge in [0.15, 0.2) is 0 Å². The molecule has 0 radical (unpaired) electrons. The number of fused-ring (bicyclic) bond motifs is 2. The molecule has 2 atom stereocenters. The standard InChI is InChI=1S/C25H30Si/c1-7-19-16(2)20-12-10-11-15-23(20)25(19)26(5,6)24-17(3)21-13-8-9-14-22(21)18(24)4/h8-15,17,25H,7H2,1-6H3. The number of hydrogen-bond acceptors (Lipinski definition) is 0. The molecule has 0 fully saturated rings. The van der Waals surface area contributed by atoms with E-state index in [1.165, 1.54) is 22.3 Å². The summed E-state index contributed by atoms with van der Waals surface area (Å²) in [5.74, 6) is 0.555. The fourth-order valence-electron chi connectivity index (χ4n) is 6.00. The summed E-state index contributed by atoms with van der Waals surface area (Å²) in [4.78, 5) is 0. The van der Waals surface area contributed by atoms with Gasteiger partial charge in [-0.25, -0.2) is 0 Å². The van der Waals surface area contributed by atoms with Crippen LogP contribution in [0.5, 0.6) is 0 Å². The van der Waals surface area contributed by atoms with Crippen LogP contribution in [-0.2, 0) is 0 Å². The molecule has 0 N–H and O–H groups in total. The molecule has 0 heterocycles. The van der Waals surface area contributed by atoms with Gasteiger partial charge in [0.25, 0.3) is 0 Å². The molecule has 2 unspecified atom stereocenters. The summed E-state index contributed by atoms with van der Waals surface area (Å²) in [6.07, 6.45) is 1.16. The van der Waals surface area contributed by atoms with Gasteiger partial charge in [-0.1, -0.05) is 86.2 Å². The van der Waals surface area contributed by atoms with Crippen molar-refractivity contribution in [1.29, 1.82) is 0 Å². The molecule has 0 nitrogen and oxygen atoms in total. The van der Waals surface area contributed by atoms with E-state index in [9.17, 15) is 0 Å². The summed E-state index contributed by atoms with van der Waals surface area (Å²) in [5, 5.41) is 1.76. The van der Waals surface area contributed by atoms with Crippen molar-refractivity contribution in [3.63, 3.8) is 0 Å². The van der Waals surface area contributed by atoms with Crippen LogP contribution in [0, 0.1) is 0 Å². The van der Waals surface area contributed by atoms with Gasteiger partial charge in [-0.05, 0) is 59.6 Å². The molecule has 0 saturated heterocycles. The van der Waals surface area contributed by atoms with Crippen molar-refractivity contribution in [2.75, 3.05) is 0 Å². The van der Waals surface area contributed by atoms with Crippen molar-refractivity contribution in [3.05, 3.63) is 81.6 Å². The van der Waals surface area contributed by atoms with Gasteiger partial charge >= 0.3 is 0 Å². The zero-order valence-corrected chi connectivity index (χ0v) is 18.0. The van der Waals surface area contributed by atoms with Crippen LogP contribution in [0.3, 0.4) is 0 Å². The summed E-state index contributed by atoms with van der Waals surface area (Å²) in [7, 11) is -1.72. The van der Waals surface area contributed by atoms with E-state index in [0.29, 0.717) is 11.5 Å². The molecule has 0 spiro atoms. The molecular weight excluding hydrogens is 328 g/mol. The maximum absolute atomic E-state index is 2.62. The van der Waals surface area contributed by atoms with E-state index in [1.807, 2.05) is 0 Å². The minimum absolute atomic E-state index is 0.555. The number of rotatable bonds is 3. The van der Waals surface area contributed by atoms with Gasteiger partial charge in [-0.2, -0.15) is 0 Å². The zero-order chi connectivity index (χ0) is 18.6. The van der Waals surface area contributed by atoms with E-state index >= 15 is 0 Å². The molecule has 0 bridgehead atoms. The van der Waals surface area contributed by atoms with Crippen molar-refractivity contribution >= 4 is 19.2 Å². The van der Waals surface area contributed by atoms with E-state index < -0.39 is 8.07 Å². The average molecular weight is 359 g/mol. The monoisotopic (exact) mass is 358 g/mol. The van der Waals surface area contributed by atoms with E-state index in [-0.39, 0.29) is 0 Å². The molecule has 2 aliphatic carbocycles. The molecule has 4 rings (SSSR count). The van der Waals surface area contributed by atoms with E-state index in [0.717, 1.165) is 6.42 Å². The van der Waals surface area contributed by atoms with Gasteiger partial charge < -0.3 is 0 Å². The first-order valence-corrected chi connectivity index (χ1v) is 13.1. The fraction of sp³-hybridized carbons (Fsp3) is 0.360. The Morgan fingerprint density at radius 3 is 1.92 bits per heavy atom. The lowest BCUT2D eigenvalue weighted by atomic mass is 10.0. The second-order valence-corrected chi connectivity index (χ2v) is 13.2. The van der Waals surface area contributed by atoms with Crippen LogP contribution >= 0.6 is 0 Å². The Bertz CT molecular complexity index is 942. The van der Waals surface area contributed by atoms with Gasteiger partial charge in [-0.15, -0.1) is 0 Å². The highest BCUT2D eigenvalue weighted by Crippen LogP contribution is 2.54. The van der Waals surface area contributed by atoms with Crippen molar-refractivity contribution in [2.45, 2.75) is 58.7 Å². The molecule has 2 aromatic rings. The van der Waals surface area contributed by atoms with Crippen LogP contribution in [0.2, 0.25) is 13.1 Å².